The number of nitrogens with one attached hydrogen (secondary N) is 2. The van der Waals surface area contributed by atoms with Crippen LogP contribution in [0.15, 0.2) is 47.2 Å². The molecule has 1 heterocycles. The van der Waals surface area contributed by atoms with Gasteiger partial charge >= 0.3 is 0 Å². The first-order valence-electron chi connectivity index (χ1n) is 9.26. The summed E-state index contributed by atoms with van der Waals surface area (Å²) in [6.07, 6.45) is 1.55. The maximum Gasteiger partial charge on any atom is 0.250 e. The van der Waals surface area contributed by atoms with Crippen LogP contribution >= 0.6 is 15.9 Å². The van der Waals surface area contributed by atoms with Crippen LogP contribution in [-0.2, 0) is 6.42 Å². The minimum Gasteiger partial charge on any atom is -0.385 e. The smallest absolute Gasteiger partial charge is 0.250 e. The summed E-state index contributed by atoms with van der Waals surface area (Å²) in [5.41, 5.74) is 7.85. The minimum atomic E-state index is -0.599. The monoisotopic (exact) mass is 475 g/mol. The molecule has 3 rings (SSSR count). The summed E-state index contributed by atoms with van der Waals surface area (Å²) in [5.74, 6) is -1.20. The Kier molecular flexibility index (Phi) is 6.94. The van der Waals surface area contributed by atoms with E-state index in [4.69, 9.17) is 5.73 Å². The number of halogens is 3. The van der Waals surface area contributed by atoms with Crippen LogP contribution in [0.5, 0.6) is 0 Å². The molecule has 4 N–H and O–H groups in total. The summed E-state index contributed by atoms with van der Waals surface area (Å²) >= 11 is 3.07. The van der Waals surface area contributed by atoms with Crippen LogP contribution in [0.25, 0.3) is 11.3 Å². The van der Waals surface area contributed by atoms with Crippen LogP contribution in [0, 0.1) is 11.6 Å². The van der Waals surface area contributed by atoms with E-state index in [2.05, 4.69) is 36.5 Å². The lowest BCUT2D eigenvalue weighted by molar-refractivity contribution is 0.100. The highest BCUT2D eigenvalue weighted by molar-refractivity contribution is 9.10. The second-order valence-corrected chi connectivity index (χ2v) is 7.38. The van der Waals surface area contributed by atoms with Gasteiger partial charge in [-0.1, -0.05) is 22.0 Å². The normalized spacial score (nSPS) is 10.7. The Hall–Kier alpha value is -3.07. The number of nitrogens with zero attached hydrogens (tertiary/aromatic N) is 2. The molecule has 0 atom stereocenters. The predicted octanol–water partition coefficient (Wildman–Crippen LogP) is 4.37. The van der Waals surface area contributed by atoms with Crippen LogP contribution in [0.2, 0.25) is 0 Å². The van der Waals surface area contributed by atoms with Crippen molar-refractivity contribution < 1.29 is 13.6 Å². The molecule has 0 saturated heterocycles. The molecule has 9 heteroatoms. The molecule has 0 aliphatic heterocycles. The van der Waals surface area contributed by atoms with Gasteiger partial charge in [-0.3, -0.25) is 4.79 Å². The number of hydrogen-bond donors (Lipinski definition) is 3. The first-order chi connectivity index (χ1) is 14.4. The highest BCUT2D eigenvalue weighted by Gasteiger charge is 2.12. The van der Waals surface area contributed by atoms with E-state index in [-0.39, 0.29) is 18.5 Å². The van der Waals surface area contributed by atoms with Crippen LogP contribution < -0.4 is 16.4 Å². The molecule has 3 aromatic rings. The van der Waals surface area contributed by atoms with Gasteiger partial charge in [-0.05, 0) is 37.6 Å². The lowest BCUT2D eigenvalue weighted by Crippen LogP contribution is -2.14. The van der Waals surface area contributed by atoms with Crippen molar-refractivity contribution in [3.63, 3.8) is 0 Å². The third kappa shape index (κ3) is 5.10. The van der Waals surface area contributed by atoms with Gasteiger partial charge in [-0.25, -0.2) is 18.7 Å². The number of amides is 1. The topological polar surface area (TPSA) is 92.9 Å². The summed E-state index contributed by atoms with van der Waals surface area (Å²) in [4.78, 5) is 20.0. The van der Waals surface area contributed by atoms with Crippen molar-refractivity contribution in [3.05, 3.63) is 70.0 Å². The van der Waals surface area contributed by atoms with E-state index in [1.54, 1.807) is 24.3 Å². The van der Waals surface area contributed by atoms with Gasteiger partial charge < -0.3 is 16.4 Å². The zero-order valence-corrected chi connectivity index (χ0v) is 17.8. The van der Waals surface area contributed by atoms with Crippen molar-refractivity contribution >= 4 is 33.3 Å². The van der Waals surface area contributed by atoms with Gasteiger partial charge in [-0.15, -0.1) is 0 Å². The average molecular weight is 476 g/mol. The number of hydrogen-bond acceptors (Lipinski definition) is 5. The molecule has 0 saturated carbocycles. The third-order valence-corrected chi connectivity index (χ3v) is 4.86. The summed E-state index contributed by atoms with van der Waals surface area (Å²) in [5, 5.41) is 6.17. The number of carbonyl (C=O) groups excluding carboxylic acids is 1. The Labute approximate surface area is 181 Å². The molecule has 0 aliphatic rings. The largest absolute Gasteiger partial charge is 0.385 e. The number of aromatic nitrogens is 2. The molecule has 0 fully saturated rings. The molecule has 0 spiro atoms. The van der Waals surface area contributed by atoms with Crippen molar-refractivity contribution in [1.29, 1.82) is 0 Å². The Balaban J connectivity index is 1.75. The lowest BCUT2D eigenvalue weighted by Gasteiger charge is -2.12. The molecule has 156 valence electrons. The van der Waals surface area contributed by atoms with Crippen molar-refractivity contribution in [2.24, 2.45) is 5.73 Å². The molecule has 0 bridgehead atoms. The van der Waals surface area contributed by atoms with Gasteiger partial charge in [0.25, 0.3) is 5.91 Å². The van der Waals surface area contributed by atoms with Crippen molar-refractivity contribution in [2.75, 3.05) is 23.7 Å². The molecule has 1 amide bonds. The molecular formula is C21H20BrF2N5O. The summed E-state index contributed by atoms with van der Waals surface area (Å²) < 4.78 is 28.3. The second kappa shape index (κ2) is 9.62. The van der Waals surface area contributed by atoms with Gasteiger partial charge in [0, 0.05) is 40.4 Å². The van der Waals surface area contributed by atoms with E-state index < -0.39 is 17.5 Å². The summed E-state index contributed by atoms with van der Waals surface area (Å²) in [7, 11) is 0. The Bertz CT molecular complexity index is 1050. The average Bonchev–Trinajstić information content (AvgIpc) is 2.70. The van der Waals surface area contributed by atoms with Crippen molar-refractivity contribution in [1.82, 2.24) is 9.97 Å². The minimum absolute atomic E-state index is 0.0114. The number of carbonyl (C=O) groups is 1. The Morgan fingerprint density at radius 1 is 1.10 bits per heavy atom. The predicted molar refractivity (Wildman–Crippen MR) is 116 cm³/mol. The fourth-order valence-electron chi connectivity index (χ4n) is 2.99. The van der Waals surface area contributed by atoms with E-state index in [1.165, 1.54) is 18.5 Å². The Morgan fingerprint density at radius 3 is 2.50 bits per heavy atom. The van der Waals surface area contributed by atoms with E-state index in [0.29, 0.717) is 33.8 Å². The van der Waals surface area contributed by atoms with Crippen LogP contribution in [0.3, 0.4) is 0 Å². The standard InChI is InChI=1S/C21H20BrF2N5O/c1-2-26-19-7-12(3-4-15(19)21(25)30)18-10-20(29-11-28-18)27-6-5-14-16(23)8-13(22)9-17(14)24/h3-4,7-11,26H,2,5-6H2,1H3,(H2,25,30)(H,27,28,29). The van der Waals surface area contributed by atoms with E-state index >= 15 is 0 Å². The molecule has 2 aromatic carbocycles. The second-order valence-electron chi connectivity index (χ2n) is 6.47. The fourth-order valence-corrected chi connectivity index (χ4v) is 3.40. The zero-order valence-electron chi connectivity index (χ0n) is 16.2. The first kappa shape index (κ1) is 21.6. The molecule has 0 aliphatic carbocycles. The highest BCUT2D eigenvalue weighted by atomic mass is 79.9. The quantitative estimate of drug-likeness (QED) is 0.449. The fraction of sp³-hybridized carbons (Fsp3) is 0.190. The maximum atomic E-state index is 14.0. The van der Waals surface area contributed by atoms with E-state index in [1.807, 2.05) is 6.92 Å². The molecule has 1 aromatic heterocycles. The number of rotatable bonds is 8. The third-order valence-electron chi connectivity index (χ3n) is 4.40. The van der Waals surface area contributed by atoms with Crippen molar-refractivity contribution in [3.8, 4) is 11.3 Å². The molecule has 0 radical (unpaired) electrons. The van der Waals surface area contributed by atoms with Crippen LogP contribution in [0.4, 0.5) is 20.3 Å². The molecule has 6 nitrogen and oxygen atoms in total. The Morgan fingerprint density at radius 2 is 1.83 bits per heavy atom. The number of benzene rings is 2. The summed E-state index contributed by atoms with van der Waals surface area (Å²) in [6, 6.07) is 9.38. The van der Waals surface area contributed by atoms with Gasteiger partial charge in [0.15, 0.2) is 0 Å². The van der Waals surface area contributed by atoms with Gasteiger partial charge in [0.2, 0.25) is 0 Å². The number of anilines is 2. The maximum absolute atomic E-state index is 14.0. The zero-order chi connectivity index (χ0) is 21.7. The molecule has 0 unspecified atom stereocenters. The summed E-state index contributed by atoms with van der Waals surface area (Å²) in [6.45, 7) is 2.83. The van der Waals surface area contributed by atoms with E-state index in [9.17, 15) is 13.6 Å². The SMILES string of the molecule is CCNc1cc(-c2cc(NCCc3c(F)cc(Br)cc3F)ncn2)ccc1C(N)=O. The highest BCUT2D eigenvalue weighted by Crippen LogP contribution is 2.25. The van der Waals surface area contributed by atoms with Crippen LogP contribution in [-0.4, -0.2) is 29.0 Å². The molecular weight excluding hydrogens is 456 g/mol. The number of primary amides is 1. The van der Waals surface area contributed by atoms with Crippen molar-refractivity contribution in [2.45, 2.75) is 13.3 Å². The van der Waals surface area contributed by atoms with Gasteiger partial charge in [-0.2, -0.15) is 0 Å². The van der Waals surface area contributed by atoms with Gasteiger partial charge in [0.05, 0.1) is 11.3 Å². The molecule has 30 heavy (non-hydrogen) atoms. The van der Waals surface area contributed by atoms with E-state index in [0.717, 1.165) is 5.56 Å². The van der Waals surface area contributed by atoms with Gasteiger partial charge in [0.1, 0.15) is 23.8 Å². The van der Waals surface area contributed by atoms with Crippen LogP contribution in [0.1, 0.15) is 22.8 Å². The number of nitrogens with two attached hydrogens (primary N) is 1. The lowest BCUT2D eigenvalue weighted by atomic mass is 10.1. The first-order valence-corrected chi connectivity index (χ1v) is 10.1.